The van der Waals surface area contributed by atoms with Gasteiger partial charge in [0.25, 0.3) is 0 Å². The molecule has 3 N–H and O–H groups in total. The lowest BCUT2D eigenvalue weighted by Gasteiger charge is -2.33. The number of benzene rings is 2. The molecule has 162 valence electrons. The summed E-state index contributed by atoms with van der Waals surface area (Å²) in [7, 11) is -3.89. The quantitative estimate of drug-likeness (QED) is 0.644. The number of rotatable bonds is 7. The summed E-state index contributed by atoms with van der Waals surface area (Å²) >= 11 is 12.0. The minimum absolute atomic E-state index is 0.0399. The maximum absolute atomic E-state index is 12.3. The molecular weight excluding hydrogens is 449 g/mol. The third-order valence-electron chi connectivity index (χ3n) is 4.77. The van der Waals surface area contributed by atoms with Crippen molar-refractivity contribution in [1.29, 1.82) is 0 Å². The van der Waals surface area contributed by atoms with E-state index in [1.807, 2.05) is 12.1 Å². The van der Waals surface area contributed by atoms with Crippen LogP contribution >= 0.6 is 23.2 Å². The number of nitrogens with zero attached hydrogens (tertiary/aromatic N) is 1. The highest BCUT2D eigenvalue weighted by molar-refractivity contribution is 7.89. The van der Waals surface area contributed by atoms with Gasteiger partial charge in [-0.05, 0) is 29.3 Å². The molecule has 1 aliphatic rings. The van der Waals surface area contributed by atoms with Gasteiger partial charge in [-0.2, -0.15) is 0 Å². The molecule has 1 atom stereocenters. The Kier molecular flexibility index (Phi) is 7.73. The zero-order valence-electron chi connectivity index (χ0n) is 16.2. The fourth-order valence-corrected chi connectivity index (χ4v) is 4.43. The summed E-state index contributed by atoms with van der Waals surface area (Å²) in [4.78, 5) is 14.5. The van der Waals surface area contributed by atoms with Crippen LogP contribution in [0.3, 0.4) is 0 Å². The molecule has 10 heteroatoms. The summed E-state index contributed by atoms with van der Waals surface area (Å²) in [6, 6.07) is 11.8. The Morgan fingerprint density at radius 1 is 1.20 bits per heavy atom. The van der Waals surface area contributed by atoms with Crippen LogP contribution in [-0.4, -0.2) is 51.6 Å². The van der Waals surface area contributed by atoms with Crippen molar-refractivity contribution in [2.75, 3.05) is 26.2 Å². The summed E-state index contributed by atoms with van der Waals surface area (Å²) in [6.45, 7) is 3.00. The van der Waals surface area contributed by atoms with Crippen molar-refractivity contribution in [3.05, 3.63) is 63.6 Å². The lowest BCUT2D eigenvalue weighted by Crippen LogP contribution is -2.47. The van der Waals surface area contributed by atoms with Crippen LogP contribution in [0, 0.1) is 0 Å². The van der Waals surface area contributed by atoms with Crippen molar-refractivity contribution < 1.29 is 17.9 Å². The summed E-state index contributed by atoms with van der Waals surface area (Å²) < 4.78 is 29.1. The highest BCUT2D eigenvalue weighted by Gasteiger charge is 2.22. The van der Waals surface area contributed by atoms with Crippen LogP contribution in [0.15, 0.2) is 47.4 Å². The van der Waals surface area contributed by atoms with E-state index >= 15 is 0 Å². The molecule has 2 aromatic carbocycles. The first-order valence-corrected chi connectivity index (χ1v) is 11.7. The molecule has 1 aliphatic heterocycles. The van der Waals surface area contributed by atoms with Gasteiger partial charge < -0.3 is 10.1 Å². The van der Waals surface area contributed by atoms with Crippen LogP contribution in [0.25, 0.3) is 0 Å². The number of carbonyl (C=O) groups excluding carboxylic acids is 1. The third kappa shape index (κ3) is 6.41. The standard InChI is InChI=1S/C20H23Cl2N3O4S/c21-17-6-5-14(9-18(17)22)12-25-7-8-29-16(13-25)11-24-20(26)10-15-3-1-2-4-19(15)30(23,27)28/h1-6,9,16H,7-8,10-13H2,(H,24,26)(H2,23,27,28)/t16-/m0/s1. The average Bonchev–Trinajstić information content (AvgIpc) is 2.69. The Balaban J connectivity index is 1.52. The molecule has 0 spiro atoms. The molecule has 0 radical (unpaired) electrons. The molecule has 0 unspecified atom stereocenters. The van der Waals surface area contributed by atoms with Crippen molar-refractivity contribution in [3.63, 3.8) is 0 Å². The zero-order valence-corrected chi connectivity index (χ0v) is 18.5. The van der Waals surface area contributed by atoms with Crippen LogP contribution in [-0.2, 0) is 32.5 Å². The number of sulfonamides is 1. The SMILES string of the molecule is NS(=O)(=O)c1ccccc1CC(=O)NC[C@H]1CN(Cc2ccc(Cl)c(Cl)c2)CCO1. The lowest BCUT2D eigenvalue weighted by molar-refractivity contribution is -0.121. The molecule has 0 aromatic heterocycles. The molecule has 0 bridgehead atoms. The molecule has 1 amide bonds. The van der Waals surface area contributed by atoms with Gasteiger partial charge in [-0.1, -0.05) is 47.5 Å². The van der Waals surface area contributed by atoms with E-state index in [2.05, 4.69) is 10.2 Å². The number of ether oxygens (including phenoxy) is 1. The fraction of sp³-hybridized carbons (Fsp3) is 0.350. The van der Waals surface area contributed by atoms with E-state index in [1.165, 1.54) is 6.07 Å². The number of morpholine rings is 1. The van der Waals surface area contributed by atoms with Crippen LogP contribution in [0.4, 0.5) is 0 Å². The third-order valence-corrected chi connectivity index (χ3v) is 6.52. The van der Waals surface area contributed by atoms with E-state index in [0.717, 1.165) is 12.1 Å². The first-order valence-electron chi connectivity index (χ1n) is 9.37. The molecule has 0 aliphatic carbocycles. The normalized spacial score (nSPS) is 17.6. The van der Waals surface area contributed by atoms with Crippen LogP contribution in [0.5, 0.6) is 0 Å². The number of carbonyl (C=O) groups is 1. The van der Waals surface area contributed by atoms with Crippen molar-refractivity contribution in [1.82, 2.24) is 10.2 Å². The molecule has 3 rings (SSSR count). The van der Waals surface area contributed by atoms with E-state index in [-0.39, 0.29) is 23.3 Å². The van der Waals surface area contributed by atoms with E-state index in [0.29, 0.717) is 41.8 Å². The van der Waals surface area contributed by atoms with Crippen molar-refractivity contribution in [2.45, 2.75) is 24.0 Å². The highest BCUT2D eigenvalue weighted by Crippen LogP contribution is 2.23. The maximum atomic E-state index is 12.3. The molecule has 7 nitrogen and oxygen atoms in total. The number of hydrogen-bond acceptors (Lipinski definition) is 5. The minimum atomic E-state index is -3.89. The summed E-state index contributed by atoms with van der Waals surface area (Å²) in [5.74, 6) is -0.295. The molecule has 30 heavy (non-hydrogen) atoms. The monoisotopic (exact) mass is 471 g/mol. The minimum Gasteiger partial charge on any atom is -0.374 e. The number of amides is 1. The largest absolute Gasteiger partial charge is 0.374 e. The predicted molar refractivity (Wildman–Crippen MR) is 116 cm³/mol. The van der Waals surface area contributed by atoms with Gasteiger partial charge in [0.15, 0.2) is 0 Å². The summed E-state index contributed by atoms with van der Waals surface area (Å²) in [5, 5.41) is 9.08. The lowest BCUT2D eigenvalue weighted by atomic mass is 10.1. The molecule has 1 saturated heterocycles. The zero-order chi connectivity index (χ0) is 21.7. The maximum Gasteiger partial charge on any atom is 0.238 e. The van der Waals surface area contributed by atoms with Gasteiger partial charge in [0.2, 0.25) is 15.9 Å². The summed E-state index contributed by atoms with van der Waals surface area (Å²) in [6.07, 6.45) is -0.245. The highest BCUT2D eigenvalue weighted by atomic mass is 35.5. The Hall–Kier alpha value is -1.68. The van der Waals surface area contributed by atoms with Gasteiger partial charge in [-0.3, -0.25) is 9.69 Å². The first-order chi connectivity index (χ1) is 14.2. The number of primary sulfonamides is 1. The van der Waals surface area contributed by atoms with Crippen LogP contribution in [0.1, 0.15) is 11.1 Å². The van der Waals surface area contributed by atoms with Crippen molar-refractivity contribution >= 4 is 39.1 Å². The van der Waals surface area contributed by atoms with E-state index in [9.17, 15) is 13.2 Å². The average molecular weight is 472 g/mol. The topological polar surface area (TPSA) is 102 Å². The number of halogens is 2. The second kappa shape index (κ2) is 10.1. The van der Waals surface area contributed by atoms with Gasteiger partial charge >= 0.3 is 0 Å². The Morgan fingerprint density at radius 2 is 1.97 bits per heavy atom. The summed E-state index contributed by atoms with van der Waals surface area (Å²) in [5.41, 5.74) is 1.41. The van der Waals surface area contributed by atoms with E-state index < -0.39 is 10.0 Å². The Morgan fingerprint density at radius 3 is 2.70 bits per heavy atom. The molecule has 1 fully saturated rings. The first kappa shape index (κ1) is 23.0. The van der Waals surface area contributed by atoms with Gasteiger partial charge in [0, 0.05) is 26.2 Å². The predicted octanol–water partition coefficient (Wildman–Crippen LogP) is 2.20. The number of hydrogen-bond donors (Lipinski definition) is 2. The van der Waals surface area contributed by atoms with Gasteiger partial charge in [-0.25, -0.2) is 13.6 Å². The Bertz CT molecular complexity index is 1020. The van der Waals surface area contributed by atoms with E-state index in [4.69, 9.17) is 33.1 Å². The Labute approximate surface area is 186 Å². The number of nitrogens with two attached hydrogens (primary N) is 1. The van der Waals surface area contributed by atoms with Crippen LogP contribution in [0.2, 0.25) is 10.0 Å². The van der Waals surface area contributed by atoms with E-state index in [1.54, 1.807) is 24.3 Å². The molecule has 0 saturated carbocycles. The van der Waals surface area contributed by atoms with Crippen LogP contribution < -0.4 is 10.5 Å². The molecule has 2 aromatic rings. The second-order valence-electron chi connectivity index (χ2n) is 7.11. The smallest absolute Gasteiger partial charge is 0.238 e. The van der Waals surface area contributed by atoms with Crippen molar-refractivity contribution in [2.24, 2.45) is 5.14 Å². The fourth-order valence-electron chi connectivity index (χ4n) is 3.33. The molecule has 1 heterocycles. The van der Waals surface area contributed by atoms with Crippen molar-refractivity contribution in [3.8, 4) is 0 Å². The van der Waals surface area contributed by atoms with Gasteiger partial charge in [-0.15, -0.1) is 0 Å². The number of nitrogens with one attached hydrogen (secondary N) is 1. The van der Waals surface area contributed by atoms with Gasteiger partial charge in [0.1, 0.15) is 0 Å². The molecular formula is C20H23Cl2N3O4S. The second-order valence-corrected chi connectivity index (χ2v) is 9.45. The van der Waals surface area contributed by atoms with Gasteiger partial charge in [0.05, 0.1) is 34.1 Å².